The summed E-state index contributed by atoms with van der Waals surface area (Å²) in [5.41, 5.74) is 2.83. The molecule has 2 aromatic heterocycles. The fraction of sp³-hybridized carbons (Fsp3) is 0.304. The number of carbonyl (C=O) groups excluding carboxylic acids is 3. The Labute approximate surface area is 200 Å². The molecule has 1 saturated carbocycles. The lowest BCUT2D eigenvalue weighted by Gasteiger charge is -2.25. The Bertz CT molecular complexity index is 1230. The van der Waals surface area contributed by atoms with E-state index < -0.39 is 23.4 Å². The normalized spacial score (nSPS) is 19.9. The zero-order valence-electron chi connectivity index (χ0n) is 18.5. The molecule has 10 nitrogen and oxygen atoms in total. The number of urea groups is 1. The second-order valence-electron chi connectivity index (χ2n) is 8.16. The van der Waals surface area contributed by atoms with Crippen molar-refractivity contribution in [1.82, 2.24) is 35.5 Å². The summed E-state index contributed by atoms with van der Waals surface area (Å²) in [4.78, 5) is 42.5. The third kappa shape index (κ3) is 3.92. The summed E-state index contributed by atoms with van der Waals surface area (Å²) >= 11 is 1.22. The number of hydrogen-bond donors (Lipinski definition) is 2. The maximum atomic E-state index is 13.2. The summed E-state index contributed by atoms with van der Waals surface area (Å²) in [6.07, 6.45) is 5.80. The molecule has 174 valence electrons. The standard InChI is InChI=1S/C23H23N7O3S/c1-2-23(16-6-4-3-5-7-16)20(32)30(21(33)25-23)28-18(31)14-34-22-27-26-19(29(22)17-8-9-17)15-10-12-24-13-11-15/h3-7,10-13,17H,2,8-9,14H2,1H3,(H,25,33)(H,28,31)/t23-/m1/s1. The molecule has 2 N–H and O–H groups in total. The molecule has 0 radical (unpaired) electrons. The molecule has 11 heteroatoms. The van der Waals surface area contributed by atoms with E-state index in [1.807, 2.05) is 29.7 Å². The zero-order chi connectivity index (χ0) is 23.7. The highest BCUT2D eigenvalue weighted by molar-refractivity contribution is 7.99. The van der Waals surface area contributed by atoms with Gasteiger partial charge in [0.25, 0.3) is 5.91 Å². The van der Waals surface area contributed by atoms with E-state index in [1.165, 1.54) is 11.8 Å². The maximum Gasteiger partial charge on any atom is 0.344 e. The topological polar surface area (TPSA) is 122 Å². The highest BCUT2D eigenvalue weighted by atomic mass is 32.2. The average molecular weight is 478 g/mol. The van der Waals surface area contributed by atoms with Crippen LogP contribution < -0.4 is 10.7 Å². The van der Waals surface area contributed by atoms with Crippen molar-refractivity contribution in [1.29, 1.82) is 0 Å². The maximum absolute atomic E-state index is 13.2. The summed E-state index contributed by atoms with van der Waals surface area (Å²) in [7, 11) is 0. The number of amides is 4. The van der Waals surface area contributed by atoms with Gasteiger partial charge in [-0.1, -0.05) is 49.0 Å². The monoisotopic (exact) mass is 477 g/mol. The van der Waals surface area contributed by atoms with E-state index in [0.717, 1.165) is 29.2 Å². The molecule has 0 bridgehead atoms. The summed E-state index contributed by atoms with van der Waals surface area (Å²) in [5.74, 6) is -0.282. The van der Waals surface area contributed by atoms with Crippen LogP contribution in [-0.2, 0) is 15.1 Å². The van der Waals surface area contributed by atoms with Gasteiger partial charge in [-0.2, -0.15) is 5.01 Å². The SMILES string of the molecule is CC[C@]1(c2ccccc2)NC(=O)N(NC(=O)CSc2nnc(-c3ccncc3)n2C2CC2)C1=O. The fourth-order valence-electron chi connectivity index (χ4n) is 4.06. The average Bonchev–Trinajstić information content (AvgIpc) is 3.58. The van der Waals surface area contributed by atoms with Gasteiger partial charge < -0.3 is 5.32 Å². The first-order valence-electron chi connectivity index (χ1n) is 11.0. The van der Waals surface area contributed by atoms with Crippen LogP contribution in [0.2, 0.25) is 0 Å². The number of carbonyl (C=O) groups is 3. The van der Waals surface area contributed by atoms with Crippen molar-refractivity contribution < 1.29 is 14.4 Å². The predicted molar refractivity (Wildman–Crippen MR) is 124 cm³/mol. The molecule has 5 rings (SSSR count). The fourth-order valence-corrected chi connectivity index (χ4v) is 4.86. The van der Waals surface area contributed by atoms with Gasteiger partial charge in [-0.15, -0.1) is 10.2 Å². The van der Waals surface area contributed by atoms with Crippen molar-refractivity contribution >= 4 is 29.6 Å². The van der Waals surface area contributed by atoms with Gasteiger partial charge in [-0.05, 0) is 37.0 Å². The van der Waals surface area contributed by atoms with Crippen LogP contribution in [0.15, 0.2) is 60.0 Å². The molecule has 0 spiro atoms. The summed E-state index contributed by atoms with van der Waals surface area (Å²) in [5, 5.41) is 12.7. The van der Waals surface area contributed by atoms with Gasteiger partial charge in [0.1, 0.15) is 5.54 Å². The molecular formula is C23H23N7O3S. The summed E-state index contributed by atoms with van der Waals surface area (Å²) in [6.45, 7) is 1.82. The Balaban J connectivity index is 1.28. The number of hydrogen-bond acceptors (Lipinski definition) is 7. The van der Waals surface area contributed by atoms with Crippen molar-refractivity contribution in [2.45, 2.75) is 42.9 Å². The lowest BCUT2D eigenvalue weighted by Crippen LogP contribution is -2.49. The Morgan fingerprint density at radius 3 is 2.56 bits per heavy atom. The molecule has 4 amide bonds. The van der Waals surface area contributed by atoms with Crippen molar-refractivity contribution in [3.63, 3.8) is 0 Å². The molecule has 1 aliphatic carbocycles. The van der Waals surface area contributed by atoms with E-state index >= 15 is 0 Å². The molecule has 0 unspecified atom stereocenters. The molecule has 3 heterocycles. The van der Waals surface area contributed by atoms with Crippen LogP contribution in [0, 0.1) is 0 Å². The first-order chi connectivity index (χ1) is 16.5. The molecule has 2 aliphatic rings. The minimum Gasteiger partial charge on any atom is -0.318 e. The number of imide groups is 1. The molecule has 1 aromatic carbocycles. The van der Waals surface area contributed by atoms with Gasteiger partial charge in [-0.3, -0.25) is 24.6 Å². The number of nitrogens with zero attached hydrogens (tertiary/aromatic N) is 5. The van der Waals surface area contributed by atoms with Crippen LogP contribution in [0.1, 0.15) is 37.8 Å². The first kappa shape index (κ1) is 22.1. The number of aromatic nitrogens is 4. The molecule has 34 heavy (non-hydrogen) atoms. The van der Waals surface area contributed by atoms with E-state index in [2.05, 4.69) is 25.9 Å². The van der Waals surface area contributed by atoms with Crippen LogP contribution in [0.3, 0.4) is 0 Å². The first-order valence-corrected chi connectivity index (χ1v) is 12.0. The van der Waals surface area contributed by atoms with Gasteiger partial charge in [0.15, 0.2) is 11.0 Å². The van der Waals surface area contributed by atoms with Gasteiger partial charge >= 0.3 is 6.03 Å². The number of nitrogens with one attached hydrogen (secondary N) is 2. The smallest absolute Gasteiger partial charge is 0.318 e. The molecule has 1 atom stereocenters. The number of pyridine rings is 1. The summed E-state index contributed by atoms with van der Waals surface area (Å²) in [6, 6.07) is 12.4. The largest absolute Gasteiger partial charge is 0.344 e. The number of rotatable bonds is 8. The second-order valence-corrected chi connectivity index (χ2v) is 9.11. The minimum absolute atomic E-state index is 0.0251. The zero-order valence-corrected chi connectivity index (χ0v) is 19.3. The van der Waals surface area contributed by atoms with Crippen LogP contribution in [0.5, 0.6) is 0 Å². The van der Waals surface area contributed by atoms with Gasteiger partial charge in [0, 0.05) is 24.0 Å². The highest BCUT2D eigenvalue weighted by Gasteiger charge is 2.52. The molecule has 1 saturated heterocycles. The van der Waals surface area contributed by atoms with Crippen LogP contribution in [-0.4, -0.2) is 48.4 Å². The van der Waals surface area contributed by atoms with Crippen LogP contribution in [0.4, 0.5) is 4.79 Å². The number of benzene rings is 1. The van der Waals surface area contributed by atoms with E-state index in [-0.39, 0.29) is 5.75 Å². The Hall–Kier alpha value is -3.73. The van der Waals surface area contributed by atoms with Gasteiger partial charge in [-0.25, -0.2) is 4.79 Å². The van der Waals surface area contributed by atoms with E-state index in [9.17, 15) is 14.4 Å². The molecule has 3 aromatic rings. The van der Waals surface area contributed by atoms with Crippen molar-refractivity contribution in [2.75, 3.05) is 5.75 Å². The van der Waals surface area contributed by atoms with E-state index in [4.69, 9.17) is 0 Å². The minimum atomic E-state index is -1.20. The van der Waals surface area contributed by atoms with Crippen molar-refractivity contribution in [2.24, 2.45) is 0 Å². The van der Waals surface area contributed by atoms with Gasteiger partial charge in [0.2, 0.25) is 5.91 Å². The molecule has 2 fully saturated rings. The Morgan fingerprint density at radius 2 is 1.88 bits per heavy atom. The Morgan fingerprint density at radius 1 is 1.15 bits per heavy atom. The predicted octanol–water partition coefficient (Wildman–Crippen LogP) is 2.66. The third-order valence-corrected chi connectivity index (χ3v) is 6.92. The second kappa shape index (κ2) is 8.90. The van der Waals surface area contributed by atoms with Crippen molar-refractivity contribution in [3.8, 4) is 11.4 Å². The van der Waals surface area contributed by atoms with Gasteiger partial charge in [0.05, 0.1) is 5.75 Å². The lowest BCUT2D eigenvalue weighted by molar-refractivity contribution is -0.138. The highest BCUT2D eigenvalue weighted by Crippen LogP contribution is 2.41. The third-order valence-electron chi connectivity index (χ3n) is 5.97. The lowest BCUT2D eigenvalue weighted by atomic mass is 9.87. The number of hydrazine groups is 1. The number of thioether (sulfide) groups is 1. The Kier molecular flexibility index (Phi) is 5.78. The van der Waals surface area contributed by atoms with Crippen molar-refractivity contribution in [3.05, 3.63) is 60.4 Å². The van der Waals surface area contributed by atoms with E-state index in [0.29, 0.717) is 23.2 Å². The molecule has 1 aliphatic heterocycles. The summed E-state index contributed by atoms with van der Waals surface area (Å²) < 4.78 is 2.04. The quantitative estimate of drug-likeness (QED) is 0.378. The van der Waals surface area contributed by atoms with E-state index in [1.54, 1.807) is 36.7 Å². The van der Waals surface area contributed by atoms with Crippen LogP contribution in [0.25, 0.3) is 11.4 Å². The van der Waals surface area contributed by atoms with Crippen LogP contribution >= 0.6 is 11.8 Å². The molecular weight excluding hydrogens is 454 g/mol.